The van der Waals surface area contributed by atoms with E-state index in [2.05, 4.69) is 5.32 Å². The van der Waals surface area contributed by atoms with Gasteiger partial charge < -0.3 is 11.1 Å². The summed E-state index contributed by atoms with van der Waals surface area (Å²) in [4.78, 5) is 11.9. The van der Waals surface area contributed by atoms with Gasteiger partial charge in [-0.1, -0.05) is 25.4 Å². The molecule has 0 saturated heterocycles. The molecule has 0 aliphatic rings. The Morgan fingerprint density at radius 1 is 1.32 bits per heavy atom. The van der Waals surface area contributed by atoms with Crippen LogP contribution in [-0.2, 0) is 14.8 Å². The summed E-state index contributed by atoms with van der Waals surface area (Å²) in [6, 6.07) is 4.32. The van der Waals surface area contributed by atoms with Crippen molar-refractivity contribution < 1.29 is 13.2 Å². The Balaban J connectivity index is 3.24. The van der Waals surface area contributed by atoms with Gasteiger partial charge in [-0.15, -0.1) is 0 Å². The first-order valence-corrected chi connectivity index (χ1v) is 8.75. The van der Waals surface area contributed by atoms with Crippen LogP contribution in [0.3, 0.4) is 0 Å². The molecule has 1 aromatic rings. The molecule has 0 saturated carbocycles. The molecule has 22 heavy (non-hydrogen) atoms. The van der Waals surface area contributed by atoms with Crippen LogP contribution >= 0.6 is 11.6 Å². The first kappa shape index (κ1) is 18.9. The Morgan fingerprint density at radius 3 is 2.32 bits per heavy atom. The lowest BCUT2D eigenvalue weighted by molar-refractivity contribution is -0.120. The first-order valence-electron chi connectivity index (χ1n) is 6.94. The zero-order valence-corrected chi connectivity index (χ0v) is 14.8. The third-order valence-corrected chi connectivity index (χ3v) is 5.63. The second-order valence-corrected chi connectivity index (χ2v) is 7.72. The average molecular weight is 348 g/mol. The van der Waals surface area contributed by atoms with Gasteiger partial charge in [-0.2, -0.15) is 4.31 Å². The summed E-state index contributed by atoms with van der Waals surface area (Å²) in [7, 11) is -3.71. The molecule has 8 heteroatoms. The minimum Gasteiger partial charge on any atom is -0.324 e. The summed E-state index contributed by atoms with van der Waals surface area (Å²) in [5.74, 6) is -0.416. The minimum atomic E-state index is -3.71. The number of carbonyl (C=O) groups excluding carboxylic acids is 1. The Kier molecular flexibility index (Phi) is 5.97. The number of halogens is 1. The third-order valence-electron chi connectivity index (χ3n) is 3.10. The standard InChI is InChI=1S/C14H22ClN3O3S/c1-5-18(6-2)22(20,21)12-9-10(7-8-11(12)15)17-13(19)14(3,4)16/h7-9H,5-6,16H2,1-4H3,(H,17,19). The maximum atomic E-state index is 12.6. The Hall–Kier alpha value is -1.15. The summed E-state index contributed by atoms with van der Waals surface area (Å²) in [5.41, 5.74) is 4.97. The number of nitrogens with zero attached hydrogens (tertiary/aromatic N) is 1. The lowest BCUT2D eigenvalue weighted by Gasteiger charge is -2.21. The topological polar surface area (TPSA) is 92.5 Å². The van der Waals surface area contributed by atoms with E-state index in [0.717, 1.165) is 0 Å². The SMILES string of the molecule is CCN(CC)S(=O)(=O)c1cc(NC(=O)C(C)(C)N)ccc1Cl. The van der Waals surface area contributed by atoms with Gasteiger partial charge in [-0.25, -0.2) is 8.42 Å². The first-order chi connectivity index (χ1) is 10.0. The van der Waals surface area contributed by atoms with E-state index in [-0.39, 0.29) is 9.92 Å². The largest absolute Gasteiger partial charge is 0.324 e. The summed E-state index contributed by atoms with van der Waals surface area (Å²) >= 11 is 6.02. The Labute approximate surface area is 136 Å². The summed E-state index contributed by atoms with van der Waals surface area (Å²) in [6.45, 7) is 7.29. The van der Waals surface area contributed by atoms with Crippen LogP contribution in [0.4, 0.5) is 5.69 Å². The fourth-order valence-corrected chi connectivity index (χ4v) is 3.73. The van der Waals surface area contributed by atoms with Crippen LogP contribution in [0.15, 0.2) is 23.1 Å². The molecule has 6 nitrogen and oxygen atoms in total. The van der Waals surface area contributed by atoms with E-state index < -0.39 is 21.5 Å². The predicted molar refractivity (Wildman–Crippen MR) is 88.5 cm³/mol. The van der Waals surface area contributed by atoms with Crippen molar-refractivity contribution >= 4 is 33.2 Å². The van der Waals surface area contributed by atoms with Crippen molar-refractivity contribution in [1.29, 1.82) is 0 Å². The zero-order chi connectivity index (χ0) is 17.1. The molecular formula is C14H22ClN3O3S. The number of nitrogens with one attached hydrogen (secondary N) is 1. The van der Waals surface area contributed by atoms with Crippen molar-refractivity contribution in [2.24, 2.45) is 5.73 Å². The molecule has 0 radical (unpaired) electrons. The maximum Gasteiger partial charge on any atom is 0.244 e. The number of sulfonamides is 1. The molecule has 0 atom stereocenters. The van der Waals surface area contributed by atoms with Crippen LogP contribution in [-0.4, -0.2) is 37.3 Å². The second-order valence-electron chi connectivity index (χ2n) is 5.41. The van der Waals surface area contributed by atoms with Gasteiger partial charge in [0, 0.05) is 18.8 Å². The van der Waals surface area contributed by atoms with E-state index in [1.54, 1.807) is 27.7 Å². The van der Waals surface area contributed by atoms with E-state index in [4.69, 9.17) is 17.3 Å². The van der Waals surface area contributed by atoms with E-state index in [0.29, 0.717) is 18.8 Å². The molecule has 124 valence electrons. The van der Waals surface area contributed by atoms with E-state index in [1.807, 2.05) is 0 Å². The van der Waals surface area contributed by atoms with Gasteiger partial charge in [-0.3, -0.25) is 4.79 Å². The molecule has 0 aromatic heterocycles. The van der Waals surface area contributed by atoms with Gasteiger partial charge in [-0.05, 0) is 32.0 Å². The lowest BCUT2D eigenvalue weighted by Crippen LogP contribution is -2.45. The molecule has 0 bridgehead atoms. The van der Waals surface area contributed by atoms with Crippen LogP contribution in [0.25, 0.3) is 0 Å². The minimum absolute atomic E-state index is 0.0366. The van der Waals surface area contributed by atoms with Crippen molar-refractivity contribution in [3.63, 3.8) is 0 Å². The Morgan fingerprint density at radius 2 is 1.86 bits per heavy atom. The van der Waals surface area contributed by atoms with Crippen LogP contribution in [0, 0.1) is 0 Å². The van der Waals surface area contributed by atoms with Crippen LogP contribution in [0.2, 0.25) is 5.02 Å². The number of hydrogen-bond donors (Lipinski definition) is 2. The third kappa shape index (κ3) is 4.19. The van der Waals surface area contributed by atoms with Crippen LogP contribution in [0.1, 0.15) is 27.7 Å². The highest BCUT2D eigenvalue weighted by atomic mass is 35.5. The Bertz CT molecular complexity index is 650. The molecule has 0 aliphatic heterocycles. The van der Waals surface area contributed by atoms with Crippen molar-refractivity contribution in [2.45, 2.75) is 38.1 Å². The average Bonchev–Trinajstić information content (AvgIpc) is 2.40. The molecular weight excluding hydrogens is 326 g/mol. The van der Waals surface area contributed by atoms with Gasteiger partial charge in [0.1, 0.15) is 4.90 Å². The monoisotopic (exact) mass is 347 g/mol. The molecule has 3 N–H and O–H groups in total. The molecule has 0 fully saturated rings. The number of nitrogens with two attached hydrogens (primary N) is 1. The molecule has 0 heterocycles. The molecule has 1 amide bonds. The number of rotatable bonds is 6. The zero-order valence-electron chi connectivity index (χ0n) is 13.2. The maximum absolute atomic E-state index is 12.6. The fraction of sp³-hybridized carbons (Fsp3) is 0.500. The van der Waals surface area contributed by atoms with E-state index in [9.17, 15) is 13.2 Å². The second kappa shape index (κ2) is 6.95. The number of benzene rings is 1. The normalized spacial score (nSPS) is 12.5. The smallest absolute Gasteiger partial charge is 0.244 e. The molecule has 0 aliphatic carbocycles. The van der Waals surface area contributed by atoms with Crippen molar-refractivity contribution in [3.05, 3.63) is 23.2 Å². The highest BCUT2D eigenvalue weighted by molar-refractivity contribution is 7.89. The summed E-state index contributed by atoms with van der Waals surface area (Å²) in [6.07, 6.45) is 0. The number of amides is 1. The molecule has 0 unspecified atom stereocenters. The van der Waals surface area contributed by atoms with Gasteiger partial charge in [0.05, 0.1) is 10.6 Å². The van der Waals surface area contributed by atoms with Crippen molar-refractivity contribution in [1.82, 2.24) is 4.31 Å². The lowest BCUT2D eigenvalue weighted by atomic mass is 10.1. The fourth-order valence-electron chi connectivity index (χ4n) is 1.77. The van der Waals surface area contributed by atoms with Gasteiger partial charge >= 0.3 is 0 Å². The predicted octanol–water partition coefficient (Wildman–Crippen LogP) is 2.05. The van der Waals surface area contributed by atoms with Crippen molar-refractivity contribution in [2.75, 3.05) is 18.4 Å². The number of carbonyl (C=O) groups is 1. The molecule has 1 rings (SSSR count). The van der Waals surface area contributed by atoms with Crippen LogP contribution < -0.4 is 11.1 Å². The number of anilines is 1. The molecule has 1 aromatic carbocycles. The molecule has 0 spiro atoms. The summed E-state index contributed by atoms with van der Waals surface area (Å²) < 4.78 is 26.4. The quantitative estimate of drug-likeness (QED) is 0.823. The van der Waals surface area contributed by atoms with Crippen LogP contribution in [0.5, 0.6) is 0 Å². The van der Waals surface area contributed by atoms with Crippen molar-refractivity contribution in [3.8, 4) is 0 Å². The van der Waals surface area contributed by atoms with Gasteiger partial charge in [0.25, 0.3) is 0 Å². The highest BCUT2D eigenvalue weighted by Gasteiger charge is 2.26. The summed E-state index contributed by atoms with van der Waals surface area (Å²) in [5, 5.41) is 2.70. The van der Waals surface area contributed by atoms with Gasteiger partial charge in [0.2, 0.25) is 15.9 Å². The van der Waals surface area contributed by atoms with Gasteiger partial charge in [0.15, 0.2) is 0 Å². The number of hydrogen-bond acceptors (Lipinski definition) is 4. The van der Waals surface area contributed by atoms with E-state index in [1.165, 1.54) is 22.5 Å². The van der Waals surface area contributed by atoms with E-state index >= 15 is 0 Å². The highest BCUT2D eigenvalue weighted by Crippen LogP contribution is 2.28.